The maximum atomic E-state index is 12.5. The summed E-state index contributed by atoms with van der Waals surface area (Å²) in [5.41, 5.74) is 7.86. The number of para-hydroxylation sites is 1. The summed E-state index contributed by atoms with van der Waals surface area (Å²) in [5, 5.41) is 3.10. The third-order valence-corrected chi connectivity index (χ3v) is 4.30. The van der Waals surface area contributed by atoms with Crippen LogP contribution < -0.4 is 11.1 Å². The van der Waals surface area contributed by atoms with Crippen LogP contribution in [-0.4, -0.2) is 36.0 Å². The van der Waals surface area contributed by atoms with Crippen LogP contribution in [0.25, 0.3) is 0 Å². The standard InChI is InChI=1S/C16H23N3O/c17-10-3-11-19(13-7-8-13)15-9-6-12-4-1-2-5-14(12)18-16(15)20/h1-2,4-5,13,15H,3,6-11,17H2,(H,18,20). The Morgan fingerprint density at radius 1 is 1.25 bits per heavy atom. The molecule has 3 N–H and O–H groups in total. The van der Waals surface area contributed by atoms with E-state index in [1.54, 1.807) is 0 Å². The average Bonchev–Trinajstić information content (AvgIpc) is 3.28. The molecule has 1 fully saturated rings. The first-order valence-electron chi connectivity index (χ1n) is 7.64. The molecule has 0 saturated heterocycles. The van der Waals surface area contributed by atoms with E-state index in [1.807, 2.05) is 18.2 Å². The smallest absolute Gasteiger partial charge is 0.241 e. The molecule has 1 saturated carbocycles. The van der Waals surface area contributed by atoms with Crippen molar-refractivity contribution in [1.82, 2.24) is 4.90 Å². The van der Waals surface area contributed by atoms with Gasteiger partial charge < -0.3 is 11.1 Å². The highest BCUT2D eigenvalue weighted by Crippen LogP contribution is 2.32. The van der Waals surface area contributed by atoms with Crippen LogP contribution in [0, 0.1) is 0 Å². The van der Waals surface area contributed by atoms with E-state index in [4.69, 9.17) is 5.73 Å². The number of benzene rings is 1. The fourth-order valence-corrected chi connectivity index (χ4v) is 3.09. The largest absolute Gasteiger partial charge is 0.330 e. The van der Waals surface area contributed by atoms with Crippen molar-refractivity contribution in [2.75, 3.05) is 18.4 Å². The van der Waals surface area contributed by atoms with Crippen LogP contribution in [0.15, 0.2) is 24.3 Å². The monoisotopic (exact) mass is 273 g/mol. The molecule has 1 aromatic rings. The van der Waals surface area contributed by atoms with E-state index in [2.05, 4.69) is 16.3 Å². The second-order valence-electron chi connectivity index (χ2n) is 5.81. The number of carbonyl (C=O) groups excluding carboxylic acids is 1. The molecule has 4 heteroatoms. The molecular weight excluding hydrogens is 250 g/mol. The van der Waals surface area contributed by atoms with Gasteiger partial charge in [0.05, 0.1) is 6.04 Å². The molecule has 0 radical (unpaired) electrons. The van der Waals surface area contributed by atoms with Crippen LogP contribution in [0.1, 0.15) is 31.2 Å². The fourth-order valence-electron chi connectivity index (χ4n) is 3.09. The van der Waals surface area contributed by atoms with Crippen LogP contribution >= 0.6 is 0 Å². The zero-order valence-electron chi connectivity index (χ0n) is 11.8. The van der Waals surface area contributed by atoms with Crippen molar-refractivity contribution in [2.45, 2.75) is 44.2 Å². The molecule has 108 valence electrons. The van der Waals surface area contributed by atoms with E-state index >= 15 is 0 Å². The highest BCUT2D eigenvalue weighted by molar-refractivity contribution is 5.96. The van der Waals surface area contributed by atoms with Crippen LogP contribution in [0.5, 0.6) is 0 Å². The van der Waals surface area contributed by atoms with E-state index in [0.29, 0.717) is 12.6 Å². The molecule has 1 aliphatic carbocycles. The lowest BCUT2D eigenvalue weighted by atomic mass is 10.0. The Hall–Kier alpha value is -1.39. The molecule has 0 aromatic heterocycles. The molecule has 1 heterocycles. The third-order valence-electron chi connectivity index (χ3n) is 4.30. The molecule has 4 nitrogen and oxygen atoms in total. The van der Waals surface area contributed by atoms with Crippen LogP contribution in [-0.2, 0) is 11.2 Å². The summed E-state index contributed by atoms with van der Waals surface area (Å²) >= 11 is 0. The summed E-state index contributed by atoms with van der Waals surface area (Å²) in [6, 6.07) is 8.72. The van der Waals surface area contributed by atoms with Crippen LogP contribution in [0.2, 0.25) is 0 Å². The first-order chi connectivity index (χ1) is 9.79. The van der Waals surface area contributed by atoms with Crippen molar-refractivity contribution in [3.8, 4) is 0 Å². The van der Waals surface area contributed by atoms with Gasteiger partial charge in [0.25, 0.3) is 0 Å². The van der Waals surface area contributed by atoms with E-state index in [1.165, 1.54) is 18.4 Å². The zero-order valence-corrected chi connectivity index (χ0v) is 11.8. The summed E-state index contributed by atoms with van der Waals surface area (Å²) in [6.07, 6.45) is 5.28. The normalized spacial score (nSPS) is 22.3. The van der Waals surface area contributed by atoms with Gasteiger partial charge in [-0.15, -0.1) is 0 Å². The summed E-state index contributed by atoms with van der Waals surface area (Å²) in [6.45, 7) is 1.63. The number of carbonyl (C=O) groups is 1. The maximum absolute atomic E-state index is 12.5. The van der Waals surface area contributed by atoms with E-state index in [0.717, 1.165) is 31.5 Å². The lowest BCUT2D eigenvalue weighted by molar-refractivity contribution is -0.121. The Kier molecular flexibility index (Phi) is 4.03. The Labute approximate surface area is 120 Å². The summed E-state index contributed by atoms with van der Waals surface area (Å²) < 4.78 is 0. The van der Waals surface area contributed by atoms with Gasteiger partial charge in [0, 0.05) is 18.3 Å². The number of amides is 1. The fraction of sp³-hybridized carbons (Fsp3) is 0.562. The predicted octanol–water partition coefficient (Wildman–Crippen LogP) is 1.75. The van der Waals surface area contributed by atoms with Gasteiger partial charge in [-0.2, -0.15) is 0 Å². The van der Waals surface area contributed by atoms with Crippen LogP contribution in [0.3, 0.4) is 0 Å². The van der Waals surface area contributed by atoms with Crippen molar-refractivity contribution in [1.29, 1.82) is 0 Å². The SMILES string of the molecule is NCCCN(C1CC1)C1CCc2ccccc2NC1=O. The van der Waals surface area contributed by atoms with Gasteiger partial charge in [0.2, 0.25) is 5.91 Å². The Bertz CT molecular complexity index is 484. The molecule has 1 amide bonds. The Morgan fingerprint density at radius 2 is 2.05 bits per heavy atom. The number of hydrogen-bond acceptors (Lipinski definition) is 3. The summed E-state index contributed by atoms with van der Waals surface area (Å²) in [5.74, 6) is 0.152. The van der Waals surface area contributed by atoms with E-state index < -0.39 is 0 Å². The molecular formula is C16H23N3O. The average molecular weight is 273 g/mol. The lowest BCUT2D eigenvalue weighted by Crippen LogP contribution is -2.45. The molecule has 3 rings (SSSR count). The number of nitrogens with zero attached hydrogens (tertiary/aromatic N) is 1. The summed E-state index contributed by atoms with van der Waals surface area (Å²) in [4.78, 5) is 14.9. The molecule has 1 aliphatic heterocycles. The molecule has 2 aliphatic rings. The second-order valence-corrected chi connectivity index (χ2v) is 5.81. The zero-order chi connectivity index (χ0) is 13.9. The van der Waals surface area contributed by atoms with E-state index in [9.17, 15) is 4.79 Å². The minimum Gasteiger partial charge on any atom is -0.330 e. The number of rotatable bonds is 5. The predicted molar refractivity (Wildman–Crippen MR) is 80.6 cm³/mol. The van der Waals surface area contributed by atoms with Gasteiger partial charge in [-0.25, -0.2) is 0 Å². The van der Waals surface area contributed by atoms with Crippen molar-refractivity contribution < 1.29 is 4.79 Å². The van der Waals surface area contributed by atoms with Crippen molar-refractivity contribution in [2.24, 2.45) is 5.73 Å². The highest BCUT2D eigenvalue weighted by atomic mass is 16.2. The number of aryl methyl sites for hydroxylation is 1. The number of hydrogen-bond donors (Lipinski definition) is 2. The van der Waals surface area contributed by atoms with Gasteiger partial charge in [0.1, 0.15) is 0 Å². The molecule has 1 atom stereocenters. The van der Waals surface area contributed by atoms with Gasteiger partial charge in [-0.05, 0) is 50.3 Å². The highest BCUT2D eigenvalue weighted by Gasteiger charge is 2.37. The van der Waals surface area contributed by atoms with Crippen molar-refractivity contribution >= 4 is 11.6 Å². The Morgan fingerprint density at radius 3 is 2.80 bits per heavy atom. The van der Waals surface area contributed by atoms with Gasteiger partial charge in [0.15, 0.2) is 0 Å². The van der Waals surface area contributed by atoms with E-state index in [-0.39, 0.29) is 11.9 Å². The van der Waals surface area contributed by atoms with Gasteiger partial charge in [-0.1, -0.05) is 18.2 Å². The third kappa shape index (κ3) is 2.86. The second kappa shape index (κ2) is 5.94. The van der Waals surface area contributed by atoms with Gasteiger partial charge >= 0.3 is 0 Å². The lowest BCUT2D eigenvalue weighted by Gasteiger charge is -2.29. The quantitative estimate of drug-likeness (QED) is 0.859. The first kappa shape index (κ1) is 13.6. The number of nitrogens with one attached hydrogen (secondary N) is 1. The molecule has 1 unspecified atom stereocenters. The summed E-state index contributed by atoms with van der Waals surface area (Å²) in [7, 11) is 0. The van der Waals surface area contributed by atoms with Crippen molar-refractivity contribution in [3.05, 3.63) is 29.8 Å². The Balaban J connectivity index is 1.75. The maximum Gasteiger partial charge on any atom is 0.241 e. The molecule has 0 spiro atoms. The topological polar surface area (TPSA) is 58.4 Å². The first-order valence-corrected chi connectivity index (χ1v) is 7.64. The van der Waals surface area contributed by atoms with Crippen LogP contribution in [0.4, 0.5) is 5.69 Å². The van der Waals surface area contributed by atoms with Gasteiger partial charge in [-0.3, -0.25) is 9.69 Å². The minimum absolute atomic E-state index is 0.00134. The number of fused-ring (bicyclic) bond motifs is 1. The number of nitrogens with two attached hydrogens (primary N) is 1. The number of anilines is 1. The van der Waals surface area contributed by atoms with Crippen molar-refractivity contribution in [3.63, 3.8) is 0 Å². The molecule has 20 heavy (non-hydrogen) atoms. The molecule has 1 aromatic carbocycles. The minimum atomic E-state index is 0.00134. The molecule has 0 bridgehead atoms.